The van der Waals surface area contributed by atoms with Crippen LogP contribution in [0.5, 0.6) is 0 Å². The van der Waals surface area contributed by atoms with E-state index in [-0.39, 0.29) is 23.1 Å². The molecule has 0 bridgehead atoms. The summed E-state index contributed by atoms with van der Waals surface area (Å²) in [5.74, 6) is -0.323. The van der Waals surface area contributed by atoms with Crippen molar-refractivity contribution in [2.75, 3.05) is 5.32 Å². The predicted molar refractivity (Wildman–Crippen MR) is 74.9 cm³/mol. The molecule has 112 valence electrons. The Labute approximate surface area is 124 Å². The van der Waals surface area contributed by atoms with Crippen LogP contribution in [-0.4, -0.2) is 0 Å². The number of halogens is 5. The van der Waals surface area contributed by atoms with E-state index in [9.17, 15) is 17.6 Å². The summed E-state index contributed by atoms with van der Waals surface area (Å²) in [7, 11) is 0. The zero-order valence-corrected chi connectivity index (χ0v) is 11.8. The highest BCUT2D eigenvalue weighted by molar-refractivity contribution is 6.33. The van der Waals surface area contributed by atoms with Crippen LogP contribution in [0.3, 0.4) is 0 Å². The van der Waals surface area contributed by atoms with Gasteiger partial charge >= 0.3 is 6.18 Å². The van der Waals surface area contributed by atoms with Crippen molar-refractivity contribution >= 4 is 17.3 Å². The molecule has 0 heterocycles. The van der Waals surface area contributed by atoms with Crippen molar-refractivity contribution in [2.45, 2.75) is 19.6 Å². The van der Waals surface area contributed by atoms with Gasteiger partial charge in [-0.3, -0.25) is 0 Å². The van der Waals surface area contributed by atoms with Crippen molar-refractivity contribution in [1.82, 2.24) is 0 Å². The van der Waals surface area contributed by atoms with Crippen LogP contribution in [0.25, 0.3) is 0 Å². The zero-order valence-electron chi connectivity index (χ0n) is 11.1. The first kappa shape index (κ1) is 15.6. The molecule has 0 fully saturated rings. The topological polar surface area (TPSA) is 12.0 Å². The van der Waals surface area contributed by atoms with Crippen molar-refractivity contribution in [3.05, 3.63) is 63.9 Å². The fourth-order valence-electron chi connectivity index (χ4n) is 1.85. The first-order chi connectivity index (χ1) is 9.77. The van der Waals surface area contributed by atoms with E-state index in [2.05, 4.69) is 5.32 Å². The molecular formula is C15H12ClF4N. The van der Waals surface area contributed by atoms with Gasteiger partial charge in [-0.15, -0.1) is 0 Å². The minimum Gasteiger partial charge on any atom is -0.380 e. The van der Waals surface area contributed by atoms with Crippen LogP contribution in [0.1, 0.15) is 16.7 Å². The van der Waals surface area contributed by atoms with Gasteiger partial charge in [0.2, 0.25) is 0 Å². The van der Waals surface area contributed by atoms with Crippen molar-refractivity contribution in [3.63, 3.8) is 0 Å². The standard InChI is InChI=1S/C15H12ClF4N/c1-9-6-10(2-5-13(9)17)8-21-14-7-11(15(18,19)20)3-4-12(14)16/h2-7,21H,8H2,1H3. The fraction of sp³-hybridized carbons (Fsp3) is 0.200. The Morgan fingerprint density at radius 3 is 2.43 bits per heavy atom. The molecule has 21 heavy (non-hydrogen) atoms. The van der Waals surface area contributed by atoms with Crippen LogP contribution in [0.15, 0.2) is 36.4 Å². The maximum absolute atomic E-state index is 13.1. The summed E-state index contributed by atoms with van der Waals surface area (Å²) in [5.41, 5.74) is 0.643. The van der Waals surface area contributed by atoms with Gasteiger partial charge in [-0.25, -0.2) is 4.39 Å². The molecule has 0 atom stereocenters. The summed E-state index contributed by atoms with van der Waals surface area (Å²) >= 11 is 5.88. The number of nitrogens with one attached hydrogen (secondary N) is 1. The van der Waals surface area contributed by atoms with Crippen molar-refractivity contribution in [1.29, 1.82) is 0 Å². The first-order valence-electron chi connectivity index (χ1n) is 6.13. The second kappa shape index (κ2) is 5.93. The van der Waals surface area contributed by atoms with E-state index < -0.39 is 11.7 Å². The highest BCUT2D eigenvalue weighted by Crippen LogP contribution is 2.34. The lowest BCUT2D eigenvalue weighted by Crippen LogP contribution is -2.07. The van der Waals surface area contributed by atoms with Gasteiger partial charge in [-0.2, -0.15) is 13.2 Å². The van der Waals surface area contributed by atoms with Gasteiger partial charge in [0.05, 0.1) is 16.3 Å². The third-order valence-electron chi connectivity index (χ3n) is 3.00. The lowest BCUT2D eigenvalue weighted by molar-refractivity contribution is -0.137. The van der Waals surface area contributed by atoms with E-state index in [0.717, 1.165) is 17.7 Å². The molecule has 1 N–H and O–H groups in total. The molecule has 0 radical (unpaired) electrons. The molecule has 0 unspecified atom stereocenters. The van der Waals surface area contributed by atoms with Crippen LogP contribution in [0.2, 0.25) is 5.02 Å². The maximum atomic E-state index is 13.1. The number of aryl methyl sites for hydroxylation is 1. The molecule has 6 heteroatoms. The van der Waals surface area contributed by atoms with Gasteiger partial charge in [-0.05, 0) is 42.3 Å². The predicted octanol–water partition coefficient (Wildman–Crippen LogP) is 5.42. The van der Waals surface area contributed by atoms with Gasteiger partial charge < -0.3 is 5.32 Å². The molecule has 0 aliphatic carbocycles. The zero-order chi connectivity index (χ0) is 15.6. The Morgan fingerprint density at radius 1 is 1.10 bits per heavy atom. The average molecular weight is 318 g/mol. The van der Waals surface area contributed by atoms with Gasteiger partial charge in [0, 0.05) is 6.54 Å². The van der Waals surface area contributed by atoms with E-state index in [1.54, 1.807) is 19.1 Å². The summed E-state index contributed by atoms with van der Waals surface area (Å²) in [6, 6.07) is 7.59. The summed E-state index contributed by atoms with van der Waals surface area (Å²) in [5, 5.41) is 3.03. The maximum Gasteiger partial charge on any atom is 0.416 e. The Hall–Kier alpha value is -1.75. The summed E-state index contributed by atoms with van der Waals surface area (Å²) in [4.78, 5) is 0. The Bertz CT molecular complexity index is 653. The summed E-state index contributed by atoms with van der Waals surface area (Å²) < 4.78 is 51.1. The third kappa shape index (κ3) is 3.88. The highest BCUT2D eigenvalue weighted by Gasteiger charge is 2.30. The molecule has 0 saturated heterocycles. The lowest BCUT2D eigenvalue weighted by atomic mass is 10.1. The average Bonchev–Trinajstić information content (AvgIpc) is 2.40. The lowest BCUT2D eigenvalue weighted by Gasteiger charge is -2.13. The minimum absolute atomic E-state index is 0.188. The van der Waals surface area contributed by atoms with Gasteiger partial charge in [0.15, 0.2) is 0 Å². The van der Waals surface area contributed by atoms with E-state index in [1.165, 1.54) is 12.1 Å². The van der Waals surface area contributed by atoms with Crippen LogP contribution < -0.4 is 5.32 Å². The molecule has 0 aliphatic rings. The summed E-state index contributed by atoms with van der Waals surface area (Å²) in [6.45, 7) is 1.87. The molecule has 2 aromatic rings. The van der Waals surface area contributed by atoms with E-state index in [1.807, 2.05) is 0 Å². The van der Waals surface area contributed by atoms with Crippen LogP contribution in [0.4, 0.5) is 23.2 Å². The molecule has 0 aromatic heterocycles. The van der Waals surface area contributed by atoms with Crippen molar-refractivity contribution < 1.29 is 17.6 Å². The van der Waals surface area contributed by atoms with E-state index >= 15 is 0 Å². The Morgan fingerprint density at radius 2 is 1.81 bits per heavy atom. The largest absolute Gasteiger partial charge is 0.416 e. The van der Waals surface area contributed by atoms with Gasteiger partial charge in [0.25, 0.3) is 0 Å². The molecule has 0 spiro atoms. The molecule has 0 amide bonds. The van der Waals surface area contributed by atoms with E-state index in [0.29, 0.717) is 5.56 Å². The van der Waals surface area contributed by atoms with Crippen LogP contribution in [-0.2, 0) is 12.7 Å². The molecule has 2 aromatic carbocycles. The normalized spacial score (nSPS) is 11.5. The van der Waals surface area contributed by atoms with Crippen LogP contribution >= 0.6 is 11.6 Å². The molecule has 1 nitrogen and oxygen atoms in total. The smallest absolute Gasteiger partial charge is 0.380 e. The number of hydrogen-bond donors (Lipinski definition) is 1. The van der Waals surface area contributed by atoms with Crippen molar-refractivity contribution in [3.8, 4) is 0 Å². The van der Waals surface area contributed by atoms with Gasteiger partial charge in [0.1, 0.15) is 5.82 Å². The number of hydrogen-bond acceptors (Lipinski definition) is 1. The Kier molecular flexibility index (Phi) is 4.42. The number of anilines is 1. The molecule has 0 aliphatic heterocycles. The van der Waals surface area contributed by atoms with Crippen molar-refractivity contribution in [2.24, 2.45) is 0 Å². The molecule has 0 saturated carbocycles. The minimum atomic E-state index is -4.42. The first-order valence-corrected chi connectivity index (χ1v) is 6.51. The fourth-order valence-corrected chi connectivity index (χ4v) is 2.04. The number of rotatable bonds is 3. The molecular weight excluding hydrogens is 306 g/mol. The van der Waals surface area contributed by atoms with E-state index in [4.69, 9.17) is 11.6 Å². The quantitative estimate of drug-likeness (QED) is 0.745. The molecule has 2 rings (SSSR count). The van der Waals surface area contributed by atoms with Crippen LogP contribution in [0, 0.1) is 12.7 Å². The monoisotopic (exact) mass is 317 g/mol. The SMILES string of the molecule is Cc1cc(CNc2cc(C(F)(F)F)ccc2Cl)ccc1F. The van der Waals surface area contributed by atoms with Gasteiger partial charge in [-0.1, -0.05) is 23.7 Å². The number of benzene rings is 2. The summed E-state index contributed by atoms with van der Waals surface area (Å²) in [6.07, 6.45) is -4.42. The Balaban J connectivity index is 2.17. The number of alkyl halides is 3. The highest BCUT2D eigenvalue weighted by atomic mass is 35.5. The second-order valence-electron chi connectivity index (χ2n) is 4.63. The third-order valence-corrected chi connectivity index (χ3v) is 3.33. The second-order valence-corrected chi connectivity index (χ2v) is 5.04.